The number of nitrogens with one attached hydrogen (secondary N) is 2. The van der Waals surface area contributed by atoms with Crippen LogP contribution in [0.3, 0.4) is 0 Å². The highest BCUT2D eigenvalue weighted by atomic mass is 79.9. The minimum atomic E-state index is -4.36. The fraction of sp³-hybridized carbons (Fsp3) is 0.100. The van der Waals surface area contributed by atoms with Crippen LogP contribution < -0.4 is 5.32 Å². The Morgan fingerprint density at radius 2 is 2.06 bits per heavy atom. The van der Waals surface area contributed by atoms with E-state index in [0.29, 0.717) is 16.1 Å². The van der Waals surface area contributed by atoms with Gasteiger partial charge in [0.15, 0.2) is 0 Å². The lowest BCUT2D eigenvalue weighted by molar-refractivity contribution is -0.137. The monoisotopic (exact) mass is 305 g/mol. The average molecular weight is 306 g/mol. The number of aromatic amines is 1. The van der Waals surface area contributed by atoms with Gasteiger partial charge in [-0.25, -0.2) is 4.98 Å². The summed E-state index contributed by atoms with van der Waals surface area (Å²) in [6.07, 6.45) is -1.28. The SMILES string of the molecule is FC(F)(F)c1ccc(Br)c(Nc2ncc[nH]2)c1. The predicted octanol–water partition coefficient (Wildman–Crippen LogP) is 3.93. The van der Waals surface area contributed by atoms with Gasteiger partial charge in [0.2, 0.25) is 5.95 Å². The molecule has 2 N–H and O–H groups in total. The van der Waals surface area contributed by atoms with Gasteiger partial charge in [-0.1, -0.05) is 0 Å². The van der Waals surface area contributed by atoms with Gasteiger partial charge in [0.05, 0.1) is 11.3 Å². The van der Waals surface area contributed by atoms with Gasteiger partial charge >= 0.3 is 6.18 Å². The van der Waals surface area contributed by atoms with E-state index in [4.69, 9.17) is 0 Å². The summed E-state index contributed by atoms with van der Waals surface area (Å²) in [7, 11) is 0. The lowest BCUT2D eigenvalue weighted by Crippen LogP contribution is -2.05. The van der Waals surface area contributed by atoms with E-state index in [-0.39, 0.29) is 0 Å². The Hall–Kier alpha value is -1.50. The first-order valence-corrected chi connectivity index (χ1v) is 5.39. The highest BCUT2D eigenvalue weighted by molar-refractivity contribution is 9.10. The number of nitrogens with zero attached hydrogens (tertiary/aromatic N) is 1. The Morgan fingerprint density at radius 3 is 2.65 bits per heavy atom. The summed E-state index contributed by atoms with van der Waals surface area (Å²) in [6, 6.07) is 3.37. The number of benzene rings is 1. The average Bonchev–Trinajstić information content (AvgIpc) is 2.72. The first kappa shape index (κ1) is 12.0. The number of anilines is 2. The predicted molar refractivity (Wildman–Crippen MR) is 61.0 cm³/mol. The zero-order valence-electron chi connectivity index (χ0n) is 8.35. The van der Waals surface area contributed by atoms with E-state index in [1.165, 1.54) is 12.3 Å². The molecule has 0 saturated heterocycles. The summed E-state index contributed by atoms with van der Waals surface area (Å²) in [4.78, 5) is 6.62. The van der Waals surface area contributed by atoms with Crippen molar-refractivity contribution >= 4 is 27.6 Å². The van der Waals surface area contributed by atoms with E-state index in [0.717, 1.165) is 12.1 Å². The van der Waals surface area contributed by atoms with Crippen LogP contribution in [0, 0.1) is 0 Å². The van der Waals surface area contributed by atoms with Crippen LogP contribution >= 0.6 is 15.9 Å². The van der Waals surface area contributed by atoms with Crippen LogP contribution in [0.2, 0.25) is 0 Å². The van der Waals surface area contributed by atoms with Gasteiger partial charge in [0, 0.05) is 16.9 Å². The smallest absolute Gasteiger partial charge is 0.331 e. The summed E-state index contributed by atoms with van der Waals surface area (Å²) < 4.78 is 38.1. The highest BCUT2D eigenvalue weighted by Crippen LogP contribution is 2.34. The van der Waals surface area contributed by atoms with Crippen LogP contribution in [0.4, 0.5) is 24.8 Å². The fourth-order valence-electron chi connectivity index (χ4n) is 1.26. The lowest BCUT2D eigenvalue weighted by Gasteiger charge is -2.11. The number of H-pyrrole nitrogens is 1. The largest absolute Gasteiger partial charge is 0.416 e. The molecule has 0 unspecified atom stereocenters. The second kappa shape index (κ2) is 4.40. The van der Waals surface area contributed by atoms with Crippen molar-refractivity contribution in [2.75, 3.05) is 5.32 Å². The third-order valence-electron chi connectivity index (χ3n) is 2.04. The molecule has 0 aliphatic heterocycles. The molecular weight excluding hydrogens is 299 g/mol. The van der Waals surface area contributed by atoms with Crippen molar-refractivity contribution in [3.8, 4) is 0 Å². The van der Waals surface area contributed by atoms with Gasteiger partial charge in [-0.05, 0) is 34.1 Å². The van der Waals surface area contributed by atoms with Gasteiger partial charge < -0.3 is 10.3 Å². The van der Waals surface area contributed by atoms with Crippen LogP contribution in [-0.2, 0) is 6.18 Å². The Labute approximate surface area is 103 Å². The zero-order valence-corrected chi connectivity index (χ0v) is 9.93. The molecule has 7 heteroatoms. The molecule has 0 aliphatic carbocycles. The molecule has 0 radical (unpaired) electrons. The number of halogens is 4. The Morgan fingerprint density at radius 1 is 1.29 bits per heavy atom. The molecule has 0 spiro atoms. The maximum Gasteiger partial charge on any atom is 0.416 e. The maximum absolute atomic E-state index is 12.5. The molecule has 3 nitrogen and oxygen atoms in total. The van der Waals surface area contributed by atoms with Gasteiger partial charge in [0.1, 0.15) is 0 Å². The summed E-state index contributed by atoms with van der Waals surface area (Å²) in [5.41, 5.74) is -0.412. The first-order chi connectivity index (χ1) is 7.97. The zero-order chi connectivity index (χ0) is 12.5. The van der Waals surface area contributed by atoms with Crippen molar-refractivity contribution in [3.63, 3.8) is 0 Å². The minimum Gasteiger partial charge on any atom is -0.331 e. The number of alkyl halides is 3. The van der Waals surface area contributed by atoms with E-state index in [1.54, 1.807) is 6.20 Å². The van der Waals surface area contributed by atoms with Gasteiger partial charge in [0.25, 0.3) is 0 Å². The number of hydrogen-bond acceptors (Lipinski definition) is 2. The van der Waals surface area contributed by atoms with Crippen molar-refractivity contribution in [2.45, 2.75) is 6.18 Å². The molecule has 90 valence electrons. The maximum atomic E-state index is 12.5. The van der Waals surface area contributed by atoms with Crippen LogP contribution in [0.15, 0.2) is 35.1 Å². The van der Waals surface area contributed by atoms with Gasteiger partial charge in [-0.15, -0.1) is 0 Å². The molecule has 0 aliphatic rings. The van der Waals surface area contributed by atoms with E-state index in [1.807, 2.05) is 0 Å². The van der Waals surface area contributed by atoms with E-state index < -0.39 is 11.7 Å². The second-order valence-corrected chi connectivity index (χ2v) is 4.11. The molecule has 17 heavy (non-hydrogen) atoms. The molecule has 1 heterocycles. The van der Waals surface area contributed by atoms with E-state index in [2.05, 4.69) is 31.2 Å². The Kier molecular flexibility index (Phi) is 3.10. The van der Waals surface area contributed by atoms with E-state index in [9.17, 15) is 13.2 Å². The van der Waals surface area contributed by atoms with Crippen LogP contribution in [0.25, 0.3) is 0 Å². The third kappa shape index (κ3) is 2.79. The number of hydrogen-bond donors (Lipinski definition) is 2. The molecule has 0 fully saturated rings. The number of rotatable bonds is 2. The highest BCUT2D eigenvalue weighted by Gasteiger charge is 2.30. The minimum absolute atomic E-state index is 0.301. The molecule has 1 aromatic heterocycles. The molecular formula is C10H7BrF3N3. The Balaban J connectivity index is 2.33. The van der Waals surface area contributed by atoms with Gasteiger partial charge in [-0.3, -0.25) is 0 Å². The third-order valence-corrected chi connectivity index (χ3v) is 2.74. The van der Waals surface area contributed by atoms with Crippen LogP contribution in [-0.4, -0.2) is 9.97 Å². The van der Waals surface area contributed by atoms with E-state index >= 15 is 0 Å². The molecule has 0 saturated carbocycles. The van der Waals surface area contributed by atoms with Crippen LogP contribution in [0.5, 0.6) is 0 Å². The first-order valence-electron chi connectivity index (χ1n) is 4.60. The molecule has 2 rings (SSSR count). The number of imidazole rings is 1. The Bertz CT molecular complexity index is 508. The standard InChI is InChI=1S/C10H7BrF3N3/c11-7-2-1-6(10(12,13)14)5-8(7)17-9-15-3-4-16-9/h1-5H,(H2,15,16,17). The van der Waals surface area contributed by atoms with Crippen molar-refractivity contribution in [3.05, 3.63) is 40.6 Å². The summed E-state index contributed by atoms with van der Waals surface area (Å²) in [5, 5.41) is 2.75. The quantitative estimate of drug-likeness (QED) is 0.882. The summed E-state index contributed by atoms with van der Waals surface area (Å²) >= 11 is 3.17. The van der Waals surface area contributed by atoms with Crippen molar-refractivity contribution < 1.29 is 13.2 Å². The molecule has 0 atom stereocenters. The molecule has 1 aromatic carbocycles. The molecule has 0 bridgehead atoms. The molecule has 0 amide bonds. The normalized spacial score (nSPS) is 11.5. The van der Waals surface area contributed by atoms with Crippen molar-refractivity contribution in [1.29, 1.82) is 0 Å². The van der Waals surface area contributed by atoms with Gasteiger partial charge in [-0.2, -0.15) is 13.2 Å². The van der Waals surface area contributed by atoms with Crippen LogP contribution in [0.1, 0.15) is 5.56 Å². The fourth-order valence-corrected chi connectivity index (χ4v) is 1.60. The summed E-state index contributed by atoms with van der Waals surface area (Å²) in [6.45, 7) is 0. The van der Waals surface area contributed by atoms with Crippen molar-refractivity contribution in [2.24, 2.45) is 0 Å². The summed E-state index contributed by atoms with van der Waals surface area (Å²) in [5.74, 6) is 0.380. The van der Waals surface area contributed by atoms with Crippen molar-refractivity contribution in [1.82, 2.24) is 9.97 Å². The second-order valence-electron chi connectivity index (χ2n) is 3.26. The number of aromatic nitrogens is 2. The molecule has 2 aromatic rings. The lowest BCUT2D eigenvalue weighted by atomic mass is 10.2. The topological polar surface area (TPSA) is 40.7 Å².